The molecule has 3 rings (SSSR count). The molecular formula is C17H20N2O3S. The maximum Gasteiger partial charge on any atom is 0.241 e. The zero-order valence-corrected chi connectivity index (χ0v) is 14.7. The van der Waals surface area contributed by atoms with Crippen LogP contribution in [0.25, 0.3) is 21.6 Å². The molecule has 3 aromatic rings. The van der Waals surface area contributed by atoms with Gasteiger partial charge in [0.15, 0.2) is 0 Å². The summed E-state index contributed by atoms with van der Waals surface area (Å²) in [5, 5.41) is 1.99. The molecule has 122 valence electrons. The van der Waals surface area contributed by atoms with E-state index in [1.807, 2.05) is 37.4 Å². The van der Waals surface area contributed by atoms with E-state index in [-0.39, 0.29) is 0 Å². The molecule has 0 aliphatic heterocycles. The number of methoxy groups -OCH3 is 3. The Labute approximate surface area is 139 Å². The summed E-state index contributed by atoms with van der Waals surface area (Å²) in [5.41, 5.74) is 1.97. The van der Waals surface area contributed by atoms with Crippen molar-refractivity contribution >= 4 is 22.4 Å². The molecule has 5 nitrogen and oxygen atoms in total. The van der Waals surface area contributed by atoms with Crippen molar-refractivity contribution in [1.29, 1.82) is 0 Å². The van der Waals surface area contributed by atoms with Gasteiger partial charge in [0.05, 0.1) is 26.2 Å². The minimum absolute atomic E-state index is 0.469. The molecule has 1 aromatic carbocycles. The first kappa shape index (κ1) is 17.0. The Hall–Kier alpha value is -2.34. The first-order chi connectivity index (χ1) is 11.3. The molecule has 2 heterocycles. The van der Waals surface area contributed by atoms with E-state index in [1.165, 1.54) is 0 Å². The lowest BCUT2D eigenvalue weighted by Gasteiger charge is -2.12. The van der Waals surface area contributed by atoms with Gasteiger partial charge in [0, 0.05) is 0 Å². The molecule has 0 aliphatic rings. The third kappa shape index (κ3) is 3.22. The van der Waals surface area contributed by atoms with Crippen molar-refractivity contribution in [2.24, 2.45) is 0 Å². The zero-order valence-electron chi connectivity index (χ0n) is 13.9. The molecule has 23 heavy (non-hydrogen) atoms. The highest BCUT2D eigenvalue weighted by Crippen LogP contribution is 2.37. The molecule has 0 spiro atoms. The lowest BCUT2D eigenvalue weighted by molar-refractivity contribution is 0.394. The summed E-state index contributed by atoms with van der Waals surface area (Å²) in [4.78, 5) is 10.2. The molecule has 0 bridgehead atoms. The second-order valence-electron chi connectivity index (χ2n) is 4.23. The van der Waals surface area contributed by atoms with Gasteiger partial charge in [-0.05, 0) is 23.6 Å². The number of hydrogen-bond acceptors (Lipinski definition) is 6. The van der Waals surface area contributed by atoms with Crippen molar-refractivity contribution in [3.05, 3.63) is 29.6 Å². The number of fused-ring (bicyclic) bond motifs is 1. The smallest absolute Gasteiger partial charge is 0.241 e. The standard InChI is InChI=1S/C15H14N2O3S.C2H6/c1-18-9-6-7-10(19-2)13-12(9)16-14(15(17-13)20-3)11-5-4-8-21-11;1-2/h4-8H,1-3H3;1-2H3. The van der Waals surface area contributed by atoms with E-state index in [0.29, 0.717) is 34.1 Å². The monoisotopic (exact) mass is 332 g/mol. The minimum atomic E-state index is 0.469. The number of ether oxygens (including phenoxy) is 3. The van der Waals surface area contributed by atoms with Gasteiger partial charge in [0.2, 0.25) is 5.88 Å². The van der Waals surface area contributed by atoms with Crippen LogP contribution < -0.4 is 14.2 Å². The van der Waals surface area contributed by atoms with Crippen LogP contribution in [0.3, 0.4) is 0 Å². The Morgan fingerprint density at radius 1 is 0.826 bits per heavy atom. The molecular weight excluding hydrogens is 312 g/mol. The van der Waals surface area contributed by atoms with Crippen LogP contribution in [0.15, 0.2) is 29.6 Å². The predicted molar refractivity (Wildman–Crippen MR) is 93.9 cm³/mol. The molecule has 0 saturated carbocycles. The Bertz CT molecular complexity index is 773. The molecule has 0 atom stereocenters. The van der Waals surface area contributed by atoms with Gasteiger partial charge in [0.1, 0.15) is 28.2 Å². The summed E-state index contributed by atoms with van der Waals surface area (Å²) < 4.78 is 16.1. The Balaban J connectivity index is 0.000000924. The molecule has 0 aliphatic carbocycles. The number of aromatic nitrogens is 2. The van der Waals surface area contributed by atoms with Crippen molar-refractivity contribution in [2.75, 3.05) is 21.3 Å². The fourth-order valence-electron chi connectivity index (χ4n) is 2.12. The van der Waals surface area contributed by atoms with E-state index in [2.05, 4.69) is 9.97 Å². The van der Waals surface area contributed by atoms with E-state index >= 15 is 0 Å². The van der Waals surface area contributed by atoms with Crippen molar-refractivity contribution < 1.29 is 14.2 Å². The normalized spacial score (nSPS) is 9.96. The Morgan fingerprint density at radius 2 is 1.43 bits per heavy atom. The van der Waals surface area contributed by atoms with Crippen LogP contribution in [0.5, 0.6) is 17.4 Å². The molecule has 0 radical (unpaired) electrons. The minimum Gasteiger partial charge on any atom is -0.494 e. The second kappa shape index (κ2) is 7.78. The quantitative estimate of drug-likeness (QED) is 0.708. The summed E-state index contributed by atoms with van der Waals surface area (Å²) >= 11 is 1.58. The van der Waals surface area contributed by atoms with Gasteiger partial charge in [-0.15, -0.1) is 11.3 Å². The van der Waals surface area contributed by atoms with Gasteiger partial charge < -0.3 is 14.2 Å². The van der Waals surface area contributed by atoms with Crippen molar-refractivity contribution in [3.8, 4) is 28.0 Å². The summed E-state index contributed by atoms with van der Waals surface area (Å²) in [6, 6.07) is 7.57. The van der Waals surface area contributed by atoms with Gasteiger partial charge in [0.25, 0.3) is 0 Å². The SMILES string of the molecule is CC.COc1nc2c(OC)ccc(OC)c2nc1-c1cccs1. The molecule has 0 fully saturated rings. The number of benzene rings is 1. The van der Waals surface area contributed by atoms with Crippen LogP contribution in [0, 0.1) is 0 Å². The van der Waals surface area contributed by atoms with Crippen molar-refractivity contribution in [1.82, 2.24) is 9.97 Å². The van der Waals surface area contributed by atoms with Crippen LogP contribution >= 0.6 is 11.3 Å². The fraction of sp³-hybridized carbons (Fsp3) is 0.294. The van der Waals surface area contributed by atoms with Gasteiger partial charge in [-0.1, -0.05) is 19.9 Å². The molecule has 2 aromatic heterocycles. The summed E-state index contributed by atoms with van der Waals surface area (Å²) in [7, 11) is 4.79. The van der Waals surface area contributed by atoms with E-state index < -0.39 is 0 Å². The van der Waals surface area contributed by atoms with Gasteiger partial charge in [-0.25, -0.2) is 9.97 Å². The van der Waals surface area contributed by atoms with Crippen molar-refractivity contribution in [2.45, 2.75) is 13.8 Å². The number of rotatable bonds is 4. The first-order valence-corrected chi connectivity index (χ1v) is 8.17. The Kier molecular flexibility index (Phi) is 5.76. The summed E-state index contributed by atoms with van der Waals surface area (Å²) in [5.74, 6) is 1.75. The van der Waals surface area contributed by atoms with E-state index in [1.54, 1.807) is 38.7 Å². The van der Waals surface area contributed by atoms with Crippen LogP contribution in [0.2, 0.25) is 0 Å². The summed E-state index contributed by atoms with van der Waals surface area (Å²) in [6.07, 6.45) is 0. The Morgan fingerprint density at radius 3 is 1.91 bits per heavy atom. The second-order valence-corrected chi connectivity index (χ2v) is 5.17. The number of thiophene rings is 1. The fourth-order valence-corrected chi connectivity index (χ4v) is 2.82. The third-order valence-corrected chi connectivity index (χ3v) is 3.98. The molecule has 0 N–H and O–H groups in total. The lowest BCUT2D eigenvalue weighted by atomic mass is 10.2. The summed E-state index contributed by atoms with van der Waals surface area (Å²) in [6.45, 7) is 4.00. The highest BCUT2D eigenvalue weighted by molar-refractivity contribution is 7.13. The van der Waals surface area contributed by atoms with Crippen LogP contribution in [-0.2, 0) is 0 Å². The van der Waals surface area contributed by atoms with E-state index in [0.717, 1.165) is 4.88 Å². The molecule has 6 heteroatoms. The predicted octanol–water partition coefficient (Wildman–Crippen LogP) is 4.41. The first-order valence-electron chi connectivity index (χ1n) is 7.29. The lowest BCUT2D eigenvalue weighted by Crippen LogP contribution is -1.99. The van der Waals surface area contributed by atoms with Gasteiger partial charge in [-0.2, -0.15) is 0 Å². The maximum atomic E-state index is 5.39. The van der Waals surface area contributed by atoms with Crippen molar-refractivity contribution in [3.63, 3.8) is 0 Å². The van der Waals surface area contributed by atoms with Crippen LogP contribution in [-0.4, -0.2) is 31.3 Å². The third-order valence-electron chi connectivity index (χ3n) is 3.10. The topological polar surface area (TPSA) is 53.5 Å². The number of nitrogens with zero attached hydrogens (tertiary/aromatic N) is 2. The van der Waals surface area contributed by atoms with Crippen LogP contribution in [0.4, 0.5) is 0 Å². The average Bonchev–Trinajstić information content (AvgIpc) is 3.15. The largest absolute Gasteiger partial charge is 0.494 e. The van der Waals surface area contributed by atoms with E-state index in [4.69, 9.17) is 14.2 Å². The average molecular weight is 332 g/mol. The molecule has 0 unspecified atom stereocenters. The highest BCUT2D eigenvalue weighted by Gasteiger charge is 2.17. The zero-order chi connectivity index (χ0) is 16.8. The van der Waals surface area contributed by atoms with Crippen LogP contribution in [0.1, 0.15) is 13.8 Å². The van der Waals surface area contributed by atoms with Gasteiger partial charge in [-0.3, -0.25) is 0 Å². The highest BCUT2D eigenvalue weighted by atomic mass is 32.1. The van der Waals surface area contributed by atoms with Gasteiger partial charge >= 0.3 is 0 Å². The van der Waals surface area contributed by atoms with E-state index in [9.17, 15) is 0 Å². The number of hydrogen-bond donors (Lipinski definition) is 0. The molecule has 0 amide bonds. The maximum absolute atomic E-state index is 5.39. The molecule has 0 saturated heterocycles.